The van der Waals surface area contributed by atoms with Gasteiger partial charge in [-0.1, -0.05) is 30.3 Å². The fraction of sp³-hybridized carbons (Fsp3) is 0.130. The van der Waals surface area contributed by atoms with E-state index < -0.39 is 5.91 Å². The van der Waals surface area contributed by atoms with Gasteiger partial charge in [-0.05, 0) is 48.0 Å². The van der Waals surface area contributed by atoms with Crippen molar-refractivity contribution in [2.24, 2.45) is 0 Å². The van der Waals surface area contributed by atoms with E-state index in [1.165, 1.54) is 31.4 Å². The number of hydrogen-bond donors (Lipinski definition) is 2. The minimum atomic E-state index is -0.409. The van der Waals surface area contributed by atoms with Gasteiger partial charge in [-0.25, -0.2) is 4.39 Å². The lowest BCUT2D eigenvalue weighted by Gasteiger charge is -2.12. The van der Waals surface area contributed by atoms with Crippen LogP contribution in [0.5, 0.6) is 11.5 Å². The molecule has 0 fully saturated rings. The molecule has 6 nitrogen and oxygen atoms in total. The number of anilines is 1. The van der Waals surface area contributed by atoms with Crippen LogP contribution in [0.25, 0.3) is 0 Å². The van der Waals surface area contributed by atoms with Gasteiger partial charge in [-0.15, -0.1) is 0 Å². The van der Waals surface area contributed by atoms with E-state index in [2.05, 4.69) is 10.6 Å². The summed E-state index contributed by atoms with van der Waals surface area (Å²) >= 11 is 0. The van der Waals surface area contributed by atoms with E-state index in [0.717, 1.165) is 5.56 Å². The zero-order chi connectivity index (χ0) is 21.3. The van der Waals surface area contributed by atoms with E-state index in [-0.39, 0.29) is 18.3 Å². The molecule has 0 saturated heterocycles. The van der Waals surface area contributed by atoms with E-state index in [1.54, 1.807) is 18.2 Å². The first-order valence-corrected chi connectivity index (χ1v) is 9.23. The van der Waals surface area contributed by atoms with Gasteiger partial charge in [0.05, 0.1) is 7.11 Å². The third-order valence-corrected chi connectivity index (χ3v) is 4.21. The smallest absolute Gasteiger partial charge is 0.262 e. The summed E-state index contributed by atoms with van der Waals surface area (Å²) in [6.07, 6.45) is 0. The Labute approximate surface area is 173 Å². The molecule has 0 bridgehead atoms. The normalized spacial score (nSPS) is 10.2. The van der Waals surface area contributed by atoms with Crippen molar-refractivity contribution in [2.75, 3.05) is 19.0 Å². The fourth-order valence-electron chi connectivity index (χ4n) is 2.68. The third kappa shape index (κ3) is 5.81. The molecule has 2 N–H and O–H groups in total. The zero-order valence-corrected chi connectivity index (χ0v) is 16.4. The number of nitrogens with one attached hydrogen (secondary N) is 2. The Morgan fingerprint density at radius 3 is 2.37 bits per heavy atom. The highest BCUT2D eigenvalue weighted by molar-refractivity contribution is 5.95. The number of hydrogen-bond acceptors (Lipinski definition) is 4. The molecule has 0 aliphatic rings. The largest absolute Gasteiger partial charge is 0.493 e. The SMILES string of the molecule is COc1cc(C(=O)NCc2ccccc2)ccc1OCC(=O)Nc1ccc(F)cc1. The first-order chi connectivity index (χ1) is 14.5. The molecule has 0 unspecified atom stereocenters. The lowest BCUT2D eigenvalue weighted by atomic mass is 10.1. The highest BCUT2D eigenvalue weighted by Crippen LogP contribution is 2.28. The summed E-state index contributed by atoms with van der Waals surface area (Å²) in [5.41, 5.74) is 1.86. The first kappa shape index (κ1) is 20.9. The number of rotatable bonds is 8. The van der Waals surface area contributed by atoms with Crippen LogP contribution in [0.15, 0.2) is 72.8 Å². The van der Waals surface area contributed by atoms with Crippen molar-refractivity contribution in [1.29, 1.82) is 0 Å². The van der Waals surface area contributed by atoms with Crippen LogP contribution in [0, 0.1) is 5.82 Å². The first-order valence-electron chi connectivity index (χ1n) is 9.23. The fourth-order valence-corrected chi connectivity index (χ4v) is 2.68. The number of carbonyl (C=O) groups is 2. The van der Waals surface area contributed by atoms with Gasteiger partial charge in [0.1, 0.15) is 5.82 Å². The molecule has 0 aromatic heterocycles. The minimum Gasteiger partial charge on any atom is -0.493 e. The van der Waals surface area contributed by atoms with E-state index >= 15 is 0 Å². The maximum atomic E-state index is 12.9. The molecular formula is C23H21FN2O4. The van der Waals surface area contributed by atoms with E-state index in [9.17, 15) is 14.0 Å². The standard InChI is InChI=1S/C23H21FN2O4/c1-29-21-13-17(23(28)25-14-16-5-3-2-4-6-16)7-12-20(21)30-15-22(27)26-19-10-8-18(24)9-11-19/h2-13H,14-15H2,1H3,(H,25,28)(H,26,27). The Morgan fingerprint density at radius 2 is 1.67 bits per heavy atom. The van der Waals surface area contributed by atoms with Gasteiger partial charge < -0.3 is 20.1 Å². The molecule has 0 radical (unpaired) electrons. The average Bonchev–Trinajstić information content (AvgIpc) is 2.78. The van der Waals surface area contributed by atoms with E-state index in [0.29, 0.717) is 29.3 Å². The number of halogens is 1. The van der Waals surface area contributed by atoms with Crippen LogP contribution in [0.1, 0.15) is 15.9 Å². The molecular weight excluding hydrogens is 387 g/mol. The molecule has 0 heterocycles. The van der Waals surface area contributed by atoms with Crippen molar-refractivity contribution in [3.05, 3.63) is 89.7 Å². The van der Waals surface area contributed by atoms with Crippen molar-refractivity contribution < 1.29 is 23.5 Å². The van der Waals surface area contributed by atoms with E-state index in [1.807, 2.05) is 30.3 Å². The van der Waals surface area contributed by atoms with Crippen molar-refractivity contribution >= 4 is 17.5 Å². The second-order valence-electron chi connectivity index (χ2n) is 6.38. The number of amides is 2. The van der Waals surface area contributed by atoms with E-state index in [4.69, 9.17) is 9.47 Å². The quantitative estimate of drug-likeness (QED) is 0.595. The molecule has 0 atom stereocenters. The average molecular weight is 408 g/mol. The molecule has 2 amide bonds. The minimum absolute atomic E-state index is 0.252. The van der Waals surface area contributed by atoms with Crippen LogP contribution in [-0.2, 0) is 11.3 Å². The molecule has 30 heavy (non-hydrogen) atoms. The van der Waals surface area contributed by atoms with Gasteiger partial charge in [0, 0.05) is 17.8 Å². The highest BCUT2D eigenvalue weighted by Gasteiger charge is 2.13. The molecule has 3 aromatic carbocycles. The van der Waals surface area contributed by atoms with Crippen LogP contribution in [0.3, 0.4) is 0 Å². The Bertz CT molecular complexity index is 1010. The maximum absolute atomic E-state index is 12.9. The van der Waals surface area contributed by atoms with Crippen LogP contribution in [0.2, 0.25) is 0 Å². The second kappa shape index (κ2) is 10.1. The van der Waals surface area contributed by atoms with Gasteiger partial charge in [0.25, 0.3) is 11.8 Å². The van der Waals surface area contributed by atoms with Crippen LogP contribution < -0.4 is 20.1 Å². The van der Waals surface area contributed by atoms with Gasteiger partial charge in [-0.2, -0.15) is 0 Å². The Morgan fingerprint density at radius 1 is 0.933 bits per heavy atom. The lowest BCUT2D eigenvalue weighted by molar-refractivity contribution is -0.118. The molecule has 0 saturated carbocycles. The Kier molecular flexibility index (Phi) is 7.00. The molecule has 0 aliphatic heterocycles. The van der Waals surface area contributed by atoms with Gasteiger partial charge in [-0.3, -0.25) is 9.59 Å². The summed E-state index contributed by atoms with van der Waals surface area (Å²) < 4.78 is 23.7. The monoisotopic (exact) mass is 408 g/mol. The summed E-state index contributed by atoms with van der Waals surface area (Å²) in [6, 6.07) is 19.7. The van der Waals surface area contributed by atoms with Gasteiger partial charge in [0.15, 0.2) is 18.1 Å². The molecule has 7 heteroatoms. The predicted octanol–water partition coefficient (Wildman–Crippen LogP) is 3.78. The summed E-state index contributed by atoms with van der Waals surface area (Å²) in [6.45, 7) is 0.136. The molecule has 0 spiro atoms. The second-order valence-corrected chi connectivity index (χ2v) is 6.38. The van der Waals surface area contributed by atoms with Crippen molar-refractivity contribution in [2.45, 2.75) is 6.54 Å². The third-order valence-electron chi connectivity index (χ3n) is 4.21. The van der Waals surface area contributed by atoms with Crippen molar-refractivity contribution in [3.63, 3.8) is 0 Å². The number of ether oxygens (including phenoxy) is 2. The maximum Gasteiger partial charge on any atom is 0.262 e. The van der Waals surface area contributed by atoms with Crippen LogP contribution >= 0.6 is 0 Å². The summed E-state index contributed by atoms with van der Waals surface area (Å²) in [7, 11) is 1.45. The Balaban J connectivity index is 1.57. The Hall–Kier alpha value is -3.87. The van der Waals surface area contributed by atoms with Crippen molar-refractivity contribution in [1.82, 2.24) is 5.32 Å². The van der Waals surface area contributed by atoms with Crippen LogP contribution in [0.4, 0.5) is 10.1 Å². The zero-order valence-electron chi connectivity index (χ0n) is 16.4. The number of methoxy groups -OCH3 is 1. The summed E-state index contributed by atoms with van der Waals surface area (Å²) in [5, 5.41) is 5.44. The lowest BCUT2D eigenvalue weighted by Crippen LogP contribution is -2.23. The van der Waals surface area contributed by atoms with Crippen molar-refractivity contribution in [3.8, 4) is 11.5 Å². The van der Waals surface area contributed by atoms with Crippen LogP contribution in [-0.4, -0.2) is 25.5 Å². The highest BCUT2D eigenvalue weighted by atomic mass is 19.1. The van der Waals surface area contributed by atoms with Gasteiger partial charge in [0.2, 0.25) is 0 Å². The summed E-state index contributed by atoms with van der Waals surface area (Å²) in [5.74, 6) is -0.392. The number of benzene rings is 3. The summed E-state index contributed by atoms with van der Waals surface area (Å²) in [4.78, 5) is 24.4. The molecule has 3 rings (SSSR count). The topological polar surface area (TPSA) is 76.7 Å². The molecule has 0 aliphatic carbocycles. The molecule has 3 aromatic rings. The van der Waals surface area contributed by atoms with Gasteiger partial charge >= 0.3 is 0 Å². The predicted molar refractivity (Wildman–Crippen MR) is 111 cm³/mol. The number of carbonyl (C=O) groups excluding carboxylic acids is 2. The molecule has 154 valence electrons.